The summed E-state index contributed by atoms with van der Waals surface area (Å²) in [6, 6.07) is 21.9. The van der Waals surface area contributed by atoms with Crippen molar-refractivity contribution >= 4 is 17.3 Å². The molecule has 0 spiro atoms. The molecule has 2 aliphatic rings. The number of nitrogens with one attached hydrogen (secondary N) is 2. The molecule has 2 aliphatic carbocycles. The zero-order valence-electron chi connectivity index (χ0n) is 22.4. The number of rotatable bonds is 9. The van der Waals surface area contributed by atoms with Crippen LogP contribution in [0.3, 0.4) is 0 Å². The molecule has 2 N–H and O–H groups in total. The summed E-state index contributed by atoms with van der Waals surface area (Å²) in [4.78, 5) is 12.0. The van der Waals surface area contributed by atoms with Crippen LogP contribution in [0.1, 0.15) is 60.9 Å². The first-order valence-electron chi connectivity index (χ1n) is 14.0. The van der Waals surface area contributed by atoms with E-state index in [1.54, 1.807) is 0 Å². The molecule has 5 nitrogen and oxygen atoms in total. The highest BCUT2D eigenvalue weighted by Gasteiger charge is 2.24. The lowest BCUT2D eigenvalue weighted by Crippen LogP contribution is -2.32. The fourth-order valence-electron chi connectivity index (χ4n) is 5.80. The maximum Gasteiger partial charge on any atom is 0.225 e. The van der Waals surface area contributed by atoms with Crippen LogP contribution in [-0.2, 0) is 12.8 Å². The molecule has 1 fully saturated rings. The van der Waals surface area contributed by atoms with Crippen molar-refractivity contribution in [2.24, 2.45) is 5.92 Å². The fraction of sp³-hybridized carbons (Fsp3) is 0.438. The number of nitrogens with zero attached hydrogens (tertiary/aromatic N) is 3. The first kappa shape index (κ1) is 25.5. The van der Waals surface area contributed by atoms with Gasteiger partial charge in [-0.2, -0.15) is 4.98 Å². The van der Waals surface area contributed by atoms with Gasteiger partial charge in [0.05, 0.1) is 5.69 Å². The van der Waals surface area contributed by atoms with Crippen molar-refractivity contribution in [3.63, 3.8) is 0 Å². The van der Waals surface area contributed by atoms with Crippen molar-refractivity contribution in [2.75, 3.05) is 37.4 Å². The van der Waals surface area contributed by atoms with Crippen LogP contribution in [-0.4, -0.2) is 43.2 Å². The predicted octanol–water partition coefficient (Wildman–Crippen LogP) is 6.11. The van der Waals surface area contributed by atoms with Gasteiger partial charge in [-0.1, -0.05) is 66.7 Å². The molecule has 2 aromatic carbocycles. The van der Waals surface area contributed by atoms with E-state index >= 15 is 0 Å². The van der Waals surface area contributed by atoms with Crippen LogP contribution in [0.4, 0.5) is 11.8 Å². The van der Waals surface area contributed by atoms with E-state index in [1.165, 1.54) is 66.5 Å². The van der Waals surface area contributed by atoms with E-state index < -0.39 is 0 Å². The van der Waals surface area contributed by atoms with E-state index in [9.17, 15) is 0 Å². The number of benzene rings is 2. The molecule has 0 aliphatic heterocycles. The second-order valence-electron chi connectivity index (χ2n) is 10.8. The van der Waals surface area contributed by atoms with E-state index in [0.717, 1.165) is 43.6 Å². The van der Waals surface area contributed by atoms with Crippen LogP contribution in [0.2, 0.25) is 0 Å². The Morgan fingerprint density at radius 3 is 2.16 bits per heavy atom. The van der Waals surface area contributed by atoms with Gasteiger partial charge in [0, 0.05) is 32.2 Å². The number of hydrogen-bond donors (Lipinski definition) is 2. The Morgan fingerprint density at radius 1 is 0.865 bits per heavy atom. The third-order valence-electron chi connectivity index (χ3n) is 7.82. The van der Waals surface area contributed by atoms with Crippen molar-refractivity contribution in [3.05, 3.63) is 89.1 Å². The van der Waals surface area contributed by atoms with E-state index in [-0.39, 0.29) is 0 Å². The number of hydrogen-bond acceptors (Lipinski definition) is 5. The zero-order valence-corrected chi connectivity index (χ0v) is 22.4. The second-order valence-corrected chi connectivity index (χ2v) is 10.8. The lowest BCUT2D eigenvalue weighted by atomic mass is 9.86. The van der Waals surface area contributed by atoms with Crippen LogP contribution < -0.4 is 15.5 Å². The molecule has 1 aromatic heterocycles. The molecule has 37 heavy (non-hydrogen) atoms. The van der Waals surface area contributed by atoms with Crippen LogP contribution >= 0.6 is 0 Å². The monoisotopic (exact) mass is 495 g/mol. The van der Waals surface area contributed by atoms with Crippen LogP contribution in [0.25, 0.3) is 5.57 Å². The van der Waals surface area contributed by atoms with Gasteiger partial charge in [0.25, 0.3) is 0 Å². The minimum absolute atomic E-state index is 0.468. The molecule has 0 unspecified atom stereocenters. The van der Waals surface area contributed by atoms with Gasteiger partial charge in [-0.3, -0.25) is 0 Å². The Balaban J connectivity index is 1.13. The molecule has 0 radical (unpaired) electrons. The Kier molecular flexibility index (Phi) is 8.52. The number of fused-ring (bicyclic) bond motifs is 1. The second kappa shape index (κ2) is 12.4. The maximum atomic E-state index is 4.93. The Labute approximate surface area is 222 Å². The van der Waals surface area contributed by atoms with Gasteiger partial charge in [0.2, 0.25) is 5.95 Å². The molecule has 5 heteroatoms. The Hall–Kier alpha value is -3.18. The van der Waals surface area contributed by atoms with Crippen molar-refractivity contribution < 1.29 is 0 Å². The van der Waals surface area contributed by atoms with Crippen molar-refractivity contribution in [3.8, 4) is 0 Å². The average molecular weight is 496 g/mol. The SMILES string of the molecule is CN(C)c1nc(NC2CCC(CNCC=C(c3ccccc3)c3ccccc3)CC2)nc2c1CCCC2. The first-order chi connectivity index (χ1) is 18.2. The van der Waals surface area contributed by atoms with Gasteiger partial charge in [-0.05, 0) is 80.5 Å². The van der Waals surface area contributed by atoms with Gasteiger partial charge in [-0.15, -0.1) is 0 Å². The van der Waals surface area contributed by atoms with Crippen molar-refractivity contribution in [2.45, 2.75) is 57.4 Å². The smallest absolute Gasteiger partial charge is 0.225 e. The summed E-state index contributed by atoms with van der Waals surface area (Å²) < 4.78 is 0. The number of aromatic nitrogens is 2. The normalized spacial score (nSPS) is 19.1. The molecule has 0 amide bonds. The summed E-state index contributed by atoms with van der Waals surface area (Å²) in [5.41, 5.74) is 6.44. The highest BCUT2D eigenvalue weighted by molar-refractivity contribution is 5.79. The van der Waals surface area contributed by atoms with E-state index in [4.69, 9.17) is 9.97 Å². The summed E-state index contributed by atoms with van der Waals surface area (Å²) >= 11 is 0. The van der Waals surface area contributed by atoms with Gasteiger partial charge in [-0.25, -0.2) is 4.98 Å². The quantitative estimate of drug-likeness (QED) is 0.351. The molecule has 0 bridgehead atoms. The van der Waals surface area contributed by atoms with Crippen LogP contribution in [0.15, 0.2) is 66.7 Å². The topological polar surface area (TPSA) is 53.1 Å². The predicted molar refractivity (Wildman–Crippen MR) is 155 cm³/mol. The summed E-state index contributed by atoms with van der Waals surface area (Å²) in [5, 5.41) is 7.40. The molecule has 194 valence electrons. The van der Waals surface area contributed by atoms with Crippen LogP contribution in [0.5, 0.6) is 0 Å². The highest BCUT2D eigenvalue weighted by atomic mass is 15.2. The molecular weight excluding hydrogens is 454 g/mol. The van der Waals surface area contributed by atoms with Crippen molar-refractivity contribution in [1.82, 2.24) is 15.3 Å². The number of aryl methyl sites for hydroxylation is 1. The van der Waals surface area contributed by atoms with Gasteiger partial charge < -0.3 is 15.5 Å². The summed E-state index contributed by atoms with van der Waals surface area (Å²) in [6.45, 7) is 1.95. The van der Waals surface area contributed by atoms with Crippen LogP contribution in [0, 0.1) is 5.92 Å². The molecule has 1 heterocycles. The lowest BCUT2D eigenvalue weighted by molar-refractivity contribution is 0.327. The minimum atomic E-state index is 0.468. The van der Waals surface area contributed by atoms with E-state index in [2.05, 4.69) is 96.4 Å². The molecular formula is C32H41N5. The molecule has 1 saturated carbocycles. The minimum Gasteiger partial charge on any atom is -0.362 e. The largest absolute Gasteiger partial charge is 0.362 e. The molecule has 0 saturated heterocycles. The van der Waals surface area contributed by atoms with E-state index in [0.29, 0.717) is 6.04 Å². The van der Waals surface area contributed by atoms with Gasteiger partial charge in [0.15, 0.2) is 0 Å². The Morgan fingerprint density at radius 2 is 1.51 bits per heavy atom. The maximum absolute atomic E-state index is 4.93. The van der Waals surface area contributed by atoms with Gasteiger partial charge in [0.1, 0.15) is 5.82 Å². The zero-order chi connectivity index (χ0) is 25.5. The van der Waals surface area contributed by atoms with Gasteiger partial charge >= 0.3 is 0 Å². The summed E-state index contributed by atoms with van der Waals surface area (Å²) in [6.07, 6.45) is 11.9. The number of anilines is 2. The van der Waals surface area contributed by atoms with Crippen molar-refractivity contribution in [1.29, 1.82) is 0 Å². The standard InChI is InChI=1S/C32H41N5/c1-37(2)31-29-15-9-10-16-30(29)35-32(36-31)34-27-19-17-24(18-20-27)23-33-22-21-28(25-11-5-3-6-12-25)26-13-7-4-8-14-26/h3-8,11-14,21,24,27,33H,9-10,15-20,22-23H2,1-2H3,(H,34,35,36). The fourth-order valence-corrected chi connectivity index (χ4v) is 5.80. The highest BCUT2D eigenvalue weighted by Crippen LogP contribution is 2.30. The third kappa shape index (κ3) is 6.58. The summed E-state index contributed by atoms with van der Waals surface area (Å²) in [5.74, 6) is 2.65. The molecule has 3 aromatic rings. The molecule has 0 atom stereocenters. The molecule has 5 rings (SSSR count). The first-order valence-corrected chi connectivity index (χ1v) is 14.0. The van der Waals surface area contributed by atoms with E-state index in [1.807, 2.05) is 0 Å². The lowest BCUT2D eigenvalue weighted by Gasteiger charge is -2.30. The summed E-state index contributed by atoms with van der Waals surface area (Å²) in [7, 11) is 4.19. The third-order valence-corrected chi connectivity index (χ3v) is 7.82. The Bertz CT molecular complexity index is 1120. The average Bonchev–Trinajstić information content (AvgIpc) is 2.94.